The monoisotopic (exact) mass is 301 g/mol. The highest BCUT2D eigenvalue weighted by molar-refractivity contribution is 6.74. The molecule has 0 spiro atoms. The highest BCUT2D eigenvalue weighted by atomic mass is 28.4. The van der Waals surface area contributed by atoms with Crippen molar-refractivity contribution in [1.29, 1.82) is 0 Å². The van der Waals surface area contributed by atoms with E-state index in [9.17, 15) is 9.59 Å². The van der Waals surface area contributed by atoms with Crippen LogP contribution in [-0.4, -0.2) is 42.5 Å². The van der Waals surface area contributed by atoms with Crippen LogP contribution in [0.3, 0.4) is 0 Å². The summed E-state index contributed by atoms with van der Waals surface area (Å²) >= 11 is 0. The number of carbonyl (C=O) groups is 2. The third-order valence-corrected chi connectivity index (χ3v) is 9.20. The topological polar surface area (TPSA) is 66.8 Å². The number of aliphatic carboxylic acids is 1. The number of rotatable bonds is 5. The molecule has 3 atom stereocenters. The van der Waals surface area contributed by atoms with E-state index >= 15 is 0 Å². The van der Waals surface area contributed by atoms with Gasteiger partial charge in [-0.05, 0) is 32.0 Å². The summed E-state index contributed by atoms with van der Waals surface area (Å²) < 4.78 is 6.19. The summed E-state index contributed by atoms with van der Waals surface area (Å²) in [6.07, 6.45) is -0.0532. The minimum atomic E-state index is -1.98. The maximum Gasteiger partial charge on any atom is 0.308 e. The summed E-state index contributed by atoms with van der Waals surface area (Å²) in [7, 11) is -1.98. The number of carboxylic acid groups (broad SMARTS) is 1. The van der Waals surface area contributed by atoms with E-state index in [2.05, 4.69) is 33.9 Å². The van der Waals surface area contributed by atoms with E-state index < -0.39 is 20.2 Å². The van der Waals surface area contributed by atoms with Crippen LogP contribution in [0.15, 0.2) is 0 Å². The molecule has 1 N–H and O–H groups in total. The van der Waals surface area contributed by atoms with Crippen molar-refractivity contribution in [1.82, 2.24) is 4.90 Å². The van der Waals surface area contributed by atoms with Crippen molar-refractivity contribution < 1.29 is 19.1 Å². The van der Waals surface area contributed by atoms with Gasteiger partial charge >= 0.3 is 5.97 Å². The van der Waals surface area contributed by atoms with Crippen molar-refractivity contribution in [2.75, 3.05) is 0 Å². The SMILES string of the molecule is CC(O[Si](C)(C)C(C)(C)C)N1C(=O)C[C@@H]1[C@@H](C)C(=O)O. The van der Waals surface area contributed by atoms with Gasteiger partial charge in [-0.3, -0.25) is 9.59 Å². The van der Waals surface area contributed by atoms with Crippen molar-refractivity contribution >= 4 is 20.2 Å². The Bertz CT molecular complexity index is 402. The fourth-order valence-corrected chi connectivity index (χ4v) is 3.49. The largest absolute Gasteiger partial charge is 0.481 e. The Morgan fingerprint density at radius 1 is 1.40 bits per heavy atom. The second-order valence-corrected chi connectivity index (χ2v) is 11.9. The third-order valence-electron chi connectivity index (χ3n) is 4.66. The van der Waals surface area contributed by atoms with Crippen molar-refractivity contribution in [2.45, 2.75) is 71.4 Å². The summed E-state index contributed by atoms with van der Waals surface area (Å²) in [5, 5.41) is 9.15. The van der Waals surface area contributed by atoms with E-state index in [1.807, 2.05) is 6.92 Å². The van der Waals surface area contributed by atoms with Crippen LogP contribution in [0.2, 0.25) is 18.1 Å². The molecular weight excluding hydrogens is 274 g/mol. The van der Waals surface area contributed by atoms with Gasteiger partial charge in [0.05, 0.1) is 12.0 Å². The van der Waals surface area contributed by atoms with Gasteiger partial charge in [-0.2, -0.15) is 0 Å². The molecule has 0 radical (unpaired) electrons. The Hall–Kier alpha value is -0.883. The molecule has 1 fully saturated rings. The summed E-state index contributed by atoms with van der Waals surface area (Å²) in [5.41, 5.74) is 0. The highest BCUT2D eigenvalue weighted by Crippen LogP contribution is 2.39. The average molecular weight is 301 g/mol. The number of nitrogens with zero attached hydrogens (tertiary/aromatic N) is 1. The summed E-state index contributed by atoms with van der Waals surface area (Å²) in [6, 6.07) is -0.250. The third kappa shape index (κ3) is 3.23. The van der Waals surface area contributed by atoms with Gasteiger partial charge in [0.25, 0.3) is 0 Å². The molecule has 5 nitrogen and oxygen atoms in total. The van der Waals surface area contributed by atoms with Gasteiger partial charge in [0.1, 0.15) is 6.23 Å². The second kappa shape index (κ2) is 5.48. The zero-order valence-electron chi connectivity index (χ0n) is 13.6. The molecule has 1 aliphatic heterocycles. The van der Waals surface area contributed by atoms with Crippen molar-refractivity contribution in [3.05, 3.63) is 0 Å². The lowest BCUT2D eigenvalue weighted by molar-refractivity contribution is -0.168. The summed E-state index contributed by atoms with van der Waals surface area (Å²) in [5.74, 6) is -1.44. The molecule has 0 aromatic heterocycles. The number of hydrogen-bond donors (Lipinski definition) is 1. The van der Waals surface area contributed by atoms with E-state index in [0.717, 1.165) is 0 Å². The maximum atomic E-state index is 11.8. The number of carboxylic acids is 1. The molecule has 1 saturated heterocycles. The molecule has 0 aromatic rings. The Morgan fingerprint density at radius 3 is 2.25 bits per heavy atom. The van der Waals surface area contributed by atoms with Crippen LogP contribution < -0.4 is 0 Å². The molecule has 1 unspecified atom stereocenters. The molecule has 1 rings (SSSR count). The first-order valence-electron chi connectivity index (χ1n) is 7.10. The van der Waals surface area contributed by atoms with Crippen molar-refractivity contribution in [3.8, 4) is 0 Å². The van der Waals surface area contributed by atoms with Crippen LogP contribution in [0.25, 0.3) is 0 Å². The van der Waals surface area contributed by atoms with E-state index in [0.29, 0.717) is 6.42 Å². The van der Waals surface area contributed by atoms with E-state index in [1.165, 1.54) is 0 Å². The van der Waals surface area contributed by atoms with Gasteiger partial charge in [0.2, 0.25) is 5.91 Å². The zero-order chi connectivity index (χ0) is 15.9. The first-order chi connectivity index (χ1) is 8.88. The minimum Gasteiger partial charge on any atom is -0.481 e. The van der Waals surface area contributed by atoms with Gasteiger partial charge in [0, 0.05) is 6.42 Å². The lowest BCUT2D eigenvalue weighted by Crippen LogP contribution is -2.63. The molecule has 1 aliphatic rings. The second-order valence-electron chi connectivity index (χ2n) is 7.18. The lowest BCUT2D eigenvalue weighted by Gasteiger charge is -2.49. The Morgan fingerprint density at radius 2 is 1.90 bits per heavy atom. The Labute approximate surface area is 122 Å². The first kappa shape index (κ1) is 17.2. The van der Waals surface area contributed by atoms with Gasteiger partial charge in [-0.1, -0.05) is 20.8 Å². The number of β-lactam (4-membered cyclic amide) rings is 1. The van der Waals surface area contributed by atoms with E-state index in [4.69, 9.17) is 9.53 Å². The minimum absolute atomic E-state index is 0.0192. The van der Waals surface area contributed by atoms with Crippen LogP contribution in [0, 0.1) is 5.92 Å². The quantitative estimate of drug-likeness (QED) is 0.626. The Kier molecular flexibility index (Phi) is 4.71. The van der Waals surface area contributed by atoms with Crippen LogP contribution in [0.1, 0.15) is 41.0 Å². The summed E-state index contributed by atoms with van der Waals surface area (Å²) in [4.78, 5) is 24.5. The molecule has 0 saturated carbocycles. The van der Waals surface area contributed by atoms with Gasteiger partial charge in [-0.15, -0.1) is 0 Å². The number of hydrogen-bond acceptors (Lipinski definition) is 3. The molecule has 1 heterocycles. The van der Waals surface area contributed by atoms with Gasteiger partial charge < -0.3 is 14.4 Å². The fraction of sp³-hybridized carbons (Fsp3) is 0.857. The number of likely N-dealkylation sites (tertiary alicyclic amines) is 1. The zero-order valence-corrected chi connectivity index (χ0v) is 14.6. The van der Waals surface area contributed by atoms with E-state index in [1.54, 1.807) is 11.8 Å². The molecule has 1 amide bonds. The lowest BCUT2D eigenvalue weighted by atomic mass is 9.89. The predicted molar refractivity (Wildman–Crippen MR) is 79.8 cm³/mol. The molecule has 0 bridgehead atoms. The van der Waals surface area contributed by atoms with E-state index in [-0.39, 0.29) is 23.2 Å². The Balaban J connectivity index is 2.78. The van der Waals surface area contributed by atoms with Crippen molar-refractivity contribution in [2.24, 2.45) is 5.92 Å². The molecule has 20 heavy (non-hydrogen) atoms. The van der Waals surface area contributed by atoms with Crippen LogP contribution in [0.5, 0.6) is 0 Å². The standard InChI is InChI=1S/C14H27NO4Si/c1-9(13(17)18)11-8-12(16)15(11)10(2)19-20(6,7)14(3,4)5/h9-11H,8H2,1-7H3,(H,17,18)/t9-,10?,11-/m1/s1. The number of carbonyl (C=O) groups excluding carboxylic acids is 1. The first-order valence-corrected chi connectivity index (χ1v) is 10.0. The molecule has 116 valence electrons. The van der Waals surface area contributed by atoms with Crippen LogP contribution >= 0.6 is 0 Å². The molecule has 6 heteroatoms. The van der Waals surface area contributed by atoms with Gasteiger partial charge in [0.15, 0.2) is 8.32 Å². The van der Waals surface area contributed by atoms with Crippen LogP contribution in [0.4, 0.5) is 0 Å². The fourth-order valence-electron chi connectivity index (χ4n) is 2.17. The van der Waals surface area contributed by atoms with Crippen LogP contribution in [-0.2, 0) is 14.0 Å². The van der Waals surface area contributed by atoms with Crippen molar-refractivity contribution in [3.63, 3.8) is 0 Å². The smallest absolute Gasteiger partial charge is 0.308 e. The molecular formula is C14H27NO4Si. The normalized spacial score (nSPS) is 23.2. The molecule has 0 aliphatic carbocycles. The summed E-state index contributed by atoms with van der Waals surface area (Å²) in [6.45, 7) is 14.2. The molecule has 0 aromatic carbocycles. The highest BCUT2D eigenvalue weighted by Gasteiger charge is 2.47. The average Bonchev–Trinajstić information content (AvgIpc) is 2.21. The number of amides is 1. The van der Waals surface area contributed by atoms with Gasteiger partial charge in [-0.25, -0.2) is 0 Å². The maximum absolute atomic E-state index is 11.8. The predicted octanol–water partition coefficient (Wildman–Crippen LogP) is 2.68.